The zero-order valence-electron chi connectivity index (χ0n) is 16.1. The summed E-state index contributed by atoms with van der Waals surface area (Å²) in [6, 6.07) is 0. The van der Waals surface area contributed by atoms with Crippen LogP contribution in [0.3, 0.4) is 0 Å². The van der Waals surface area contributed by atoms with Crippen LogP contribution in [0.2, 0.25) is 0 Å². The third kappa shape index (κ3) is 9.77. The Hall–Kier alpha value is -1.60. The molecule has 2 N–H and O–H groups in total. The number of unbranched alkanes of at least 4 members (excludes halogenated alkanes) is 5. The lowest BCUT2D eigenvalue weighted by molar-refractivity contribution is -0.137. The van der Waals surface area contributed by atoms with Gasteiger partial charge in [-0.2, -0.15) is 0 Å². The molecule has 146 valence electrons. The van der Waals surface area contributed by atoms with E-state index in [0.717, 1.165) is 25.7 Å². The molecule has 1 aliphatic carbocycles. The number of allylic oxidation sites excluding steroid dienone is 2. The van der Waals surface area contributed by atoms with Crippen molar-refractivity contribution in [2.45, 2.75) is 90.1 Å². The molecule has 0 heterocycles. The molecule has 1 rings (SSSR count). The van der Waals surface area contributed by atoms with E-state index in [0.29, 0.717) is 25.7 Å². The Balaban J connectivity index is 2.34. The van der Waals surface area contributed by atoms with Crippen molar-refractivity contribution in [1.82, 2.24) is 0 Å². The molecule has 0 spiro atoms. The van der Waals surface area contributed by atoms with Crippen LogP contribution in [0.25, 0.3) is 0 Å². The summed E-state index contributed by atoms with van der Waals surface area (Å²) in [6.45, 7) is 2.18. The second kappa shape index (κ2) is 13.6. The Morgan fingerprint density at radius 2 is 1.81 bits per heavy atom. The third-order valence-corrected chi connectivity index (χ3v) is 5.05. The molecule has 4 heteroatoms. The number of carboxylic acids is 1. The summed E-state index contributed by atoms with van der Waals surface area (Å²) < 4.78 is 0. The van der Waals surface area contributed by atoms with Gasteiger partial charge in [-0.25, -0.2) is 0 Å². The van der Waals surface area contributed by atoms with Crippen molar-refractivity contribution < 1.29 is 19.8 Å². The molecular weight excluding hydrogens is 328 g/mol. The summed E-state index contributed by atoms with van der Waals surface area (Å²) in [4.78, 5) is 22.4. The SMILES string of the molecule is CCCCCCCC(=O)C=CC1CCC(O)C1CC#CCCCC(=O)O. The molecule has 0 aliphatic heterocycles. The fourth-order valence-corrected chi connectivity index (χ4v) is 3.43. The highest BCUT2D eigenvalue weighted by Crippen LogP contribution is 2.35. The van der Waals surface area contributed by atoms with Crippen LogP contribution in [0.1, 0.15) is 84.0 Å². The lowest BCUT2D eigenvalue weighted by Gasteiger charge is -2.16. The predicted molar refractivity (Wildman–Crippen MR) is 104 cm³/mol. The van der Waals surface area contributed by atoms with Crippen LogP contribution in [0.15, 0.2) is 12.2 Å². The van der Waals surface area contributed by atoms with E-state index in [-0.39, 0.29) is 30.1 Å². The van der Waals surface area contributed by atoms with Crippen molar-refractivity contribution in [2.75, 3.05) is 0 Å². The minimum atomic E-state index is -0.793. The molecule has 1 aliphatic rings. The molecule has 0 aromatic heterocycles. The fourth-order valence-electron chi connectivity index (χ4n) is 3.43. The summed E-state index contributed by atoms with van der Waals surface area (Å²) in [7, 11) is 0. The molecule has 3 atom stereocenters. The second-order valence-electron chi connectivity index (χ2n) is 7.27. The molecule has 4 nitrogen and oxygen atoms in total. The van der Waals surface area contributed by atoms with E-state index in [9.17, 15) is 14.7 Å². The molecule has 0 aromatic carbocycles. The summed E-state index contributed by atoms with van der Waals surface area (Å²) in [5, 5.41) is 18.8. The van der Waals surface area contributed by atoms with Gasteiger partial charge in [0.2, 0.25) is 0 Å². The van der Waals surface area contributed by atoms with E-state index in [1.807, 2.05) is 6.08 Å². The first-order valence-corrected chi connectivity index (χ1v) is 10.1. The number of carboxylic acid groups (broad SMARTS) is 1. The molecular formula is C22H34O4. The maximum Gasteiger partial charge on any atom is 0.303 e. The molecule has 26 heavy (non-hydrogen) atoms. The number of carbonyl (C=O) groups excluding carboxylic acids is 1. The average Bonchev–Trinajstić information content (AvgIpc) is 2.95. The maximum atomic E-state index is 12.0. The molecule has 0 saturated heterocycles. The quantitative estimate of drug-likeness (QED) is 0.304. The van der Waals surface area contributed by atoms with Crippen LogP contribution in [-0.2, 0) is 9.59 Å². The van der Waals surface area contributed by atoms with Crippen LogP contribution >= 0.6 is 0 Å². The van der Waals surface area contributed by atoms with Crippen LogP contribution in [-0.4, -0.2) is 28.1 Å². The molecule has 0 radical (unpaired) electrons. The molecule has 1 saturated carbocycles. The average molecular weight is 363 g/mol. The molecule has 3 unspecified atom stereocenters. The van der Waals surface area contributed by atoms with Crippen molar-refractivity contribution in [1.29, 1.82) is 0 Å². The Morgan fingerprint density at radius 1 is 1.04 bits per heavy atom. The van der Waals surface area contributed by atoms with Crippen molar-refractivity contribution in [3.63, 3.8) is 0 Å². The zero-order valence-corrected chi connectivity index (χ0v) is 16.1. The predicted octanol–water partition coefficient (Wildman–Crippen LogP) is 4.51. The lowest BCUT2D eigenvalue weighted by atomic mass is 9.91. The Labute approximate surface area is 158 Å². The highest BCUT2D eigenvalue weighted by atomic mass is 16.4. The summed E-state index contributed by atoms with van der Waals surface area (Å²) in [6.07, 6.45) is 13.2. The number of carbonyl (C=O) groups is 2. The Kier molecular flexibility index (Phi) is 11.7. The van der Waals surface area contributed by atoms with Crippen molar-refractivity contribution in [3.05, 3.63) is 12.2 Å². The van der Waals surface area contributed by atoms with Crippen LogP contribution < -0.4 is 0 Å². The fraction of sp³-hybridized carbons (Fsp3) is 0.727. The number of hydrogen-bond acceptors (Lipinski definition) is 3. The third-order valence-electron chi connectivity index (χ3n) is 5.05. The zero-order chi connectivity index (χ0) is 19.2. The number of rotatable bonds is 12. The maximum absolute atomic E-state index is 12.0. The molecule has 0 aromatic rings. The summed E-state index contributed by atoms with van der Waals surface area (Å²) >= 11 is 0. The van der Waals surface area contributed by atoms with Gasteiger partial charge >= 0.3 is 5.97 Å². The van der Waals surface area contributed by atoms with Crippen molar-refractivity contribution in [2.24, 2.45) is 11.8 Å². The molecule has 0 bridgehead atoms. The van der Waals surface area contributed by atoms with E-state index in [2.05, 4.69) is 18.8 Å². The highest BCUT2D eigenvalue weighted by molar-refractivity contribution is 5.89. The summed E-state index contributed by atoms with van der Waals surface area (Å²) in [5.74, 6) is 5.76. The van der Waals surface area contributed by atoms with E-state index < -0.39 is 5.97 Å². The van der Waals surface area contributed by atoms with Gasteiger partial charge in [0.05, 0.1) is 6.10 Å². The van der Waals surface area contributed by atoms with Gasteiger partial charge in [0.1, 0.15) is 0 Å². The van der Waals surface area contributed by atoms with Gasteiger partial charge in [-0.05, 0) is 37.7 Å². The number of aliphatic hydroxyl groups excluding tert-OH is 1. The highest BCUT2D eigenvalue weighted by Gasteiger charge is 2.32. The van der Waals surface area contributed by atoms with Gasteiger partial charge in [0.25, 0.3) is 0 Å². The number of aliphatic carboxylic acids is 1. The van der Waals surface area contributed by atoms with Crippen molar-refractivity contribution in [3.8, 4) is 11.8 Å². The molecule has 0 amide bonds. The molecule has 1 fully saturated rings. The van der Waals surface area contributed by atoms with Crippen molar-refractivity contribution >= 4 is 11.8 Å². The minimum Gasteiger partial charge on any atom is -0.481 e. The van der Waals surface area contributed by atoms with Gasteiger partial charge in [-0.15, -0.1) is 11.8 Å². The van der Waals surface area contributed by atoms with E-state index >= 15 is 0 Å². The number of hydrogen-bond donors (Lipinski definition) is 2. The van der Waals surface area contributed by atoms with Gasteiger partial charge in [-0.3, -0.25) is 9.59 Å². The van der Waals surface area contributed by atoms with Crippen LogP contribution in [0, 0.1) is 23.7 Å². The second-order valence-corrected chi connectivity index (χ2v) is 7.27. The Bertz CT molecular complexity index is 512. The van der Waals surface area contributed by atoms with Gasteiger partial charge in [0, 0.05) is 31.6 Å². The first kappa shape index (κ1) is 22.4. The first-order chi connectivity index (χ1) is 12.5. The smallest absolute Gasteiger partial charge is 0.303 e. The lowest BCUT2D eigenvalue weighted by Crippen LogP contribution is -2.17. The van der Waals surface area contributed by atoms with Crippen LogP contribution in [0.4, 0.5) is 0 Å². The monoisotopic (exact) mass is 362 g/mol. The standard InChI is InChI=1S/C22H34O4/c1-2-3-4-5-8-11-19(23)16-14-18-15-17-21(24)20(18)12-9-6-7-10-13-22(25)26/h14,16,18,20-21,24H,2-5,7-8,10-13,15,17H2,1H3,(H,25,26). The largest absolute Gasteiger partial charge is 0.481 e. The van der Waals surface area contributed by atoms with Crippen LogP contribution in [0.5, 0.6) is 0 Å². The van der Waals surface area contributed by atoms with Gasteiger partial charge < -0.3 is 10.2 Å². The topological polar surface area (TPSA) is 74.6 Å². The van der Waals surface area contributed by atoms with E-state index in [4.69, 9.17) is 5.11 Å². The number of ketones is 1. The van der Waals surface area contributed by atoms with Gasteiger partial charge in [0.15, 0.2) is 5.78 Å². The van der Waals surface area contributed by atoms with E-state index in [1.54, 1.807) is 6.08 Å². The first-order valence-electron chi connectivity index (χ1n) is 10.1. The summed E-state index contributed by atoms with van der Waals surface area (Å²) in [5.41, 5.74) is 0. The van der Waals surface area contributed by atoms with E-state index in [1.165, 1.54) is 19.3 Å². The Morgan fingerprint density at radius 3 is 2.54 bits per heavy atom. The minimum absolute atomic E-state index is 0.0792. The van der Waals surface area contributed by atoms with Gasteiger partial charge in [-0.1, -0.05) is 38.7 Å². The normalized spacial score (nSPS) is 22.3. The number of aliphatic hydroxyl groups is 1.